The average Bonchev–Trinajstić information content (AvgIpc) is 2.61. The summed E-state index contributed by atoms with van der Waals surface area (Å²) in [5.74, 6) is 0. The van der Waals surface area contributed by atoms with E-state index in [4.69, 9.17) is 17.3 Å². The second-order valence-corrected chi connectivity index (χ2v) is 5.79. The largest absolute Gasteiger partial charge is 0.366 e. The zero-order chi connectivity index (χ0) is 12.5. The Morgan fingerprint density at radius 2 is 2.18 bits per heavy atom. The average molecular weight is 253 g/mol. The van der Waals surface area contributed by atoms with E-state index in [0.29, 0.717) is 6.54 Å². The van der Waals surface area contributed by atoms with Crippen molar-refractivity contribution in [2.45, 2.75) is 38.6 Å². The van der Waals surface area contributed by atoms with Gasteiger partial charge >= 0.3 is 0 Å². The molecule has 2 rings (SSSR count). The van der Waals surface area contributed by atoms with E-state index in [-0.39, 0.29) is 5.54 Å². The Morgan fingerprint density at radius 1 is 1.41 bits per heavy atom. The summed E-state index contributed by atoms with van der Waals surface area (Å²) in [5, 5.41) is 0.843. The molecule has 0 aliphatic carbocycles. The summed E-state index contributed by atoms with van der Waals surface area (Å²) in [7, 11) is 0. The Bertz CT molecular complexity index is 401. The van der Waals surface area contributed by atoms with Gasteiger partial charge in [0.25, 0.3) is 0 Å². The van der Waals surface area contributed by atoms with Crippen LogP contribution in [-0.4, -0.2) is 18.6 Å². The van der Waals surface area contributed by atoms with Crippen LogP contribution in [0.4, 0.5) is 5.69 Å². The Balaban J connectivity index is 2.25. The van der Waals surface area contributed by atoms with Crippen LogP contribution in [0.25, 0.3) is 0 Å². The molecule has 0 radical (unpaired) electrons. The molecule has 0 atom stereocenters. The lowest BCUT2D eigenvalue weighted by atomic mass is 10.0. The highest BCUT2D eigenvalue weighted by atomic mass is 35.5. The van der Waals surface area contributed by atoms with Crippen molar-refractivity contribution in [2.75, 3.05) is 18.0 Å². The highest BCUT2D eigenvalue weighted by Gasteiger charge is 2.31. The van der Waals surface area contributed by atoms with E-state index in [1.165, 1.54) is 18.5 Å². The number of hydrogen-bond donors (Lipinski definition) is 1. The van der Waals surface area contributed by atoms with Gasteiger partial charge in [0.2, 0.25) is 0 Å². The van der Waals surface area contributed by atoms with E-state index in [0.717, 1.165) is 23.6 Å². The van der Waals surface area contributed by atoms with Crippen molar-refractivity contribution < 1.29 is 0 Å². The first-order valence-electron chi connectivity index (χ1n) is 6.31. The lowest BCUT2D eigenvalue weighted by Gasteiger charge is -2.34. The van der Waals surface area contributed by atoms with Gasteiger partial charge in [-0.05, 0) is 57.4 Å². The monoisotopic (exact) mass is 252 g/mol. The van der Waals surface area contributed by atoms with Gasteiger partial charge < -0.3 is 10.6 Å². The zero-order valence-corrected chi connectivity index (χ0v) is 11.4. The molecule has 0 unspecified atom stereocenters. The molecule has 1 heterocycles. The van der Waals surface area contributed by atoms with Gasteiger partial charge in [-0.3, -0.25) is 0 Å². The topological polar surface area (TPSA) is 29.3 Å². The SMILES string of the molecule is CC1(C)CCCN1c1ccc(CCN)c(Cl)c1. The van der Waals surface area contributed by atoms with Crippen molar-refractivity contribution in [2.24, 2.45) is 5.73 Å². The maximum absolute atomic E-state index is 6.30. The molecule has 1 saturated heterocycles. The molecule has 0 spiro atoms. The highest BCUT2D eigenvalue weighted by Crippen LogP contribution is 2.35. The van der Waals surface area contributed by atoms with E-state index < -0.39 is 0 Å². The number of rotatable bonds is 3. The second kappa shape index (κ2) is 4.87. The summed E-state index contributed by atoms with van der Waals surface area (Å²) >= 11 is 6.30. The third kappa shape index (κ3) is 2.58. The molecule has 1 aliphatic rings. The molecule has 0 saturated carbocycles. The quantitative estimate of drug-likeness (QED) is 0.895. The minimum absolute atomic E-state index is 0.249. The maximum atomic E-state index is 6.30. The molecule has 1 fully saturated rings. The number of anilines is 1. The predicted molar refractivity (Wildman–Crippen MR) is 74.9 cm³/mol. The van der Waals surface area contributed by atoms with E-state index in [2.05, 4.69) is 36.9 Å². The third-order valence-electron chi connectivity index (χ3n) is 3.66. The fraction of sp³-hybridized carbons (Fsp3) is 0.571. The Kier molecular flexibility index (Phi) is 3.64. The van der Waals surface area contributed by atoms with Crippen LogP contribution in [0.5, 0.6) is 0 Å². The summed E-state index contributed by atoms with van der Waals surface area (Å²) in [5.41, 5.74) is 8.19. The van der Waals surface area contributed by atoms with Crippen LogP contribution in [0.1, 0.15) is 32.3 Å². The number of nitrogens with two attached hydrogens (primary N) is 1. The van der Waals surface area contributed by atoms with Crippen molar-refractivity contribution in [1.29, 1.82) is 0 Å². The van der Waals surface area contributed by atoms with E-state index in [9.17, 15) is 0 Å². The normalized spacial score (nSPS) is 18.7. The van der Waals surface area contributed by atoms with Gasteiger partial charge in [0, 0.05) is 22.8 Å². The van der Waals surface area contributed by atoms with Crippen molar-refractivity contribution in [3.8, 4) is 0 Å². The highest BCUT2D eigenvalue weighted by molar-refractivity contribution is 6.31. The van der Waals surface area contributed by atoms with Crippen LogP contribution >= 0.6 is 11.6 Å². The Labute approximate surface area is 109 Å². The molecule has 1 aromatic rings. The minimum atomic E-state index is 0.249. The molecule has 94 valence electrons. The Morgan fingerprint density at radius 3 is 2.71 bits per heavy atom. The first-order valence-corrected chi connectivity index (χ1v) is 6.68. The molecular weight excluding hydrogens is 232 g/mol. The van der Waals surface area contributed by atoms with Gasteiger partial charge in [0.1, 0.15) is 0 Å². The molecular formula is C14H21ClN2. The molecule has 2 N–H and O–H groups in total. The molecule has 3 heteroatoms. The van der Waals surface area contributed by atoms with Crippen LogP contribution in [0.15, 0.2) is 18.2 Å². The maximum Gasteiger partial charge on any atom is 0.0459 e. The zero-order valence-electron chi connectivity index (χ0n) is 10.7. The first kappa shape index (κ1) is 12.7. The lowest BCUT2D eigenvalue weighted by Crippen LogP contribution is -2.38. The molecule has 1 aliphatic heterocycles. The predicted octanol–water partition coefficient (Wildman–Crippen LogP) is 3.22. The van der Waals surface area contributed by atoms with Gasteiger partial charge in [-0.1, -0.05) is 17.7 Å². The van der Waals surface area contributed by atoms with Crippen LogP contribution in [0.3, 0.4) is 0 Å². The number of hydrogen-bond acceptors (Lipinski definition) is 2. The fourth-order valence-electron chi connectivity index (χ4n) is 2.65. The van der Waals surface area contributed by atoms with Crippen LogP contribution in [0.2, 0.25) is 5.02 Å². The molecule has 0 bridgehead atoms. The van der Waals surface area contributed by atoms with Gasteiger partial charge in [-0.25, -0.2) is 0 Å². The minimum Gasteiger partial charge on any atom is -0.366 e. The van der Waals surface area contributed by atoms with E-state index in [1.54, 1.807) is 0 Å². The lowest BCUT2D eigenvalue weighted by molar-refractivity contribution is 0.518. The van der Waals surface area contributed by atoms with E-state index >= 15 is 0 Å². The smallest absolute Gasteiger partial charge is 0.0459 e. The fourth-order valence-corrected chi connectivity index (χ4v) is 2.92. The van der Waals surface area contributed by atoms with Crippen molar-refractivity contribution >= 4 is 17.3 Å². The van der Waals surface area contributed by atoms with Crippen molar-refractivity contribution in [1.82, 2.24) is 0 Å². The van der Waals surface area contributed by atoms with Crippen LogP contribution < -0.4 is 10.6 Å². The van der Waals surface area contributed by atoms with Crippen molar-refractivity contribution in [3.63, 3.8) is 0 Å². The summed E-state index contributed by atoms with van der Waals surface area (Å²) in [4.78, 5) is 2.45. The van der Waals surface area contributed by atoms with Gasteiger partial charge in [0.05, 0.1) is 0 Å². The molecule has 1 aromatic carbocycles. The molecule has 2 nitrogen and oxygen atoms in total. The van der Waals surface area contributed by atoms with Crippen molar-refractivity contribution in [3.05, 3.63) is 28.8 Å². The van der Waals surface area contributed by atoms with E-state index in [1.807, 2.05) is 0 Å². The summed E-state index contributed by atoms with van der Waals surface area (Å²) in [6, 6.07) is 6.36. The van der Waals surface area contributed by atoms with Gasteiger partial charge in [-0.2, -0.15) is 0 Å². The van der Waals surface area contributed by atoms with Crippen LogP contribution in [0, 0.1) is 0 Å². The number of benzene rings is 1. The molecule has 17 heavy (non-hydrogen) atoms. The third-order valence-corrected chi connectivity index (χ3v) is 4.01. The van der Waals surface area contributed by atoms with Gasteiger partial charge in [0.15, 0.2) is 0 Å². The number of halogens is 1. The Hall–Kier alpha value is -0.730. The molecule has 0 aromatic heterocycles. The summed E-state index contributed by atoms with van der Waals surface area (Å²) < 4.78 is 0. The first-order chi connectivity index (χ1) is 8.04. The standard InChI is InChI=1S/C14H21ClN2/c1-14(2)7-3-9-17(14)12-5-4-11(6-8-16)13(15)10-12/h4-5,10H,3,6-9,16H2,1-2H3. The summed E-state index contributed by atoms with van der Waals surface area (Å²) in [6.07, 6.45) is 3.35. The van der Waals surface area contributed by atoms with Gasteiger partial charge in [-0.15, -0.1) is 0 Å². The summed E-state index contributed by atoms with van der Waals surface area (Å²) in [6.45, 7) is 6.36. The second-order valence-electron chi connectivity index (χ2n) is 5.38. The number of nitrogens with zero attached hydrogens (tertiary/aromatic N) is 1. The molecule has 0 amide bonds. The van der Waals surface area contributed by atoms with Crippen LogP contribution in [-0.2, 0) is 6.42 Å².